The van der Waals surface area contributed by atoms with Gasteiger partial charge in [0.05, 0.1) is 5.75 Å². The van der Waals surface area contributed by atoms with E-state index in [1.165, 1.54) is 5.06 Å². The van der Waals surface area contributed by atoms with Crippen molar-refractivity contribution in [3.05, 3.63) is 47.5 Å². The third kappa shape index (κ3) is 4.28. The molecule has 1 heterocycles. The minimum absolute atomic E-state index is 0.0302. The summed E-state index contributed by atoms with van der Waals surface area (Å²) in [5.41, 5.74) is 3.43. The van der Waals surface area contributed by atoms with Crippen molar-refractivity contribution in [2.24, 2.45) is 0 Å². The van der Waals surface area contributed by atoms with Gasteiger partial charge in [0.15, 0.2) is 11.5 Å². The van der Waals surface area contributed by atoms with E-state index in [4.69, 9.17) is 9.02 Å². The van der Waals surface area contributed by atoms with E-state index in [1.54, 1.807) is 0 Å². The van der Waals surface area contributed by atoms with Gasteiger partial charge >= 0.3 is 0 Å². The van der Waals surface area contributed by atoms with Crippen molar-refractivity contribution >= 4 is 21.5 Å². The summed E-state index contributed by atoms with van der Waals surface area (Å²) in [5, 5.41) is 1.41. The average Bonchev–Trinajstić information content (AvgIpc) is 2.62. The zero-order chi connectivity index (χ0) is 19.4. The second-order valence-electron chi connectivity index (χ2n) is 6.80. The summed E-state index contributed by atoms with van der Waals surface area (Å²) >= 11 is 0. The zero-order valence-electron chi connectivity index (χ0n) is 16.2. The molecule has 0 saturated carbocycles. The Morgan fingerprint density at radius 2 is 1.74 bits per heavy atom. The molecule has 5 nitrogen and oxygen atoms in total. The van der Waals surface area contributed by atoms with E-state index in [9.17, 15) is 8.42 Å². The van der Waals surface area contributed by atoms with Crippen LogP contribution < -0.4 is 9.80 Å². The lowest BCUT2D eigenvalue weighted by Gasteiger charge is -2.32. The van der Waals surface area contributed by atoms with Gasteiger partial charge in [-0.15, -0.1) is 4.28 Å². The number of rotatable bonds is 8. The summed E-state index contributed by atoms with van der Waals surface area (Å²) in [5.74, 6) is 1.27. The number of fused-ring (bicyclic) bond motifs is 2. The molecule has 3 rings (SSSR count). The van der Waals surface area contributed by atoms with Gasteiger partial charge in [-0.3, -0.25) is 0 Å². The number of para-hydroxylation sites is 1. The number of nitrogens with zero attached hydrogens (tertiary/aromatic N) is 1. The maximum Gasteiger partial charge on any atom is 0.288 e. The summed E-state index contributed by atoms with van der Waals surface area (Å²) in [6.45, 7) is 6.05. The van der Waals surface area contributed by atoms with Crippen LogP contribution in [-0.2, 0) is 27.2 Å². The standard InChI is InChI=1S/C21H27NO4S/c1-4-8-16-12-13-18-20(15-16)25-21-17(9-5-2)10-7-11-19(21)22(18)26-27(23,24)14-6-3/h7,10-13,15H,4-6,8-9,14H2,1-3H3. The molecule has 1 aliphatic rings. The van der Waals surface area contributed by atoms with Crippen LogP contribution in [0, 0.1) is 0 Å². The van der Waals surface area contributed by atoms with Crippen molar-refractivity contribution in [1.29, 1.82) is 0 Å². The highest BCUT2D eigenvalue weighted by Crippen LogP contribution is 2.49. The first-order valence-corrected chi connectivity index (χ1v) is 11.2. The monoisotopic (exact) mass is 389 g/mol. The minimum atomic E-state index is -3.69. The Bertz CT molecular complexity index is 908. The van der Waals surface area contributed by atoms with Crippen molar-refractivity contribution in [1.82, 2.24) is 0 Å². The van der Waals surface area contributed by atoms with Gasteiger partial charge < -0.3 is 4.74 Å². The van der Waals surface area contributed by atoms with Crippen LogP contribution in [0.15, 0.2) is 36.4 Å². The third-order valence-electron chi connectivity index (χ3n) is 4.45. The molecule has 0 aliphatic carbocycles. The van der Waals surface area contributed by atoms with Crippen LogP contribution in [0.5, 0.6) is 11.5 Å². The fourth-order valence-electron chi connectivity index (χ4n) is 3.29. The van der Waals surface area contributed by atoms with E-state index in [-0.39, 0.29) is 5.75 Å². The lowest BCUT2D eigenvalue weighted by Crippen LogP contribution is -2.27. The SMILES string of the molecule is CCCc1ccc2c(c1)Oc1c(CCC)cccc1N2OS(=O)(=O)CCC. The lowest BCUT2D eigenvalue weighted by molar-refractivity contribution is 0.307. The van der Waals surface area contributed by atoms with E-state index in [0.717, 1.165) is 36.8 Å². The van der Waals surface area contributed by atoms with E-state index >= 15 is 0 Å². The highest BCUT2D eigenvalue weighted by atomic mass is 32.2. The Labute approximate surface area is 162 Å². The number of anilines is 2. The smallest absolute Gasteiger partial charge is 0.288 e. The van der Waals surface area contributed by atoms with E-state index in [2.05, 4.69) is 13.8 Å². The maximum absolute atomic E-state index is 12.4. The summed E-state index contributed by atoms with van der Waals surface area (Å²) in [7, 11) is -3.69. The van der Waals surface area contributed by atoms with Crippen LogP contribution in [0.4, 0.5) is 11.4 Å². The molecule has 0 atom stereocenters. The van der Waals surface area contributed by atoms with Crippen LogP contribution in [-0.4, -0.2) is 14.2 Å². The van der Waals surface area contributed by atoms with Gasteiger partial charge in [-0.25, -0.2) is 0 Å². The van der Waals surface area contributed by atoms with E-state index in [1.807, 2.05) is 43.3 Å². The van der Waals surface area contributed by atoms with Crippen LogP contribution in [0.1, 0.15) is 51.2 Å². The Morgan fingerprint density at radius 1 is 0.963 bits per heavy atom. The molecule has 27 heavy (non-hydrogen) atoms. The molecule has 0 saturated heterocycles. The Kier molecular flexibility index (Phi) is 6.07. The van der Waals surface area contributed by atoms with Gasteiger partial charge in [0.2, 0.25) is 0 Å². The molecule has 0 unspecified atom stereocenters. The fourth-order valence-corrected chi connectivity index (χ4v) is 4.25. The highest BCUT2D eigenvalue weighted by Gasteiger charge is 2.30. The van der Waals surface area contributed by atoms with Crippen LogP contribution in [0.25, 0.3) is 0 Å². The molecule has 0 N–H and O–H groups in total. The Morgan fingerprint density at radius 3 is 2.44 bits per heavy atom. The molecule has 0 aromatic heterocycles. The molecule has 2 aromatic carbocycles. The zero-order valence-corrected chi connectivity index (χ0v) is 17.0. The van der Waals surface area contributed by atoms with Crippen LogP contribution >= 0.6 is 0 Å². The van der Waals surface area contributed by atoms with Gasteiger partial charge in [0.25, 0.3) is 10.1 Å². The molecule has 146 valence electrons. The predicted molar refractivity (Wildman–Crippen MR) is 108 cm³/mol. The number of benzene rings is 2. The normalized spacial score (nSPS) is 13.1. The molecule has 6 heteroatoms. The first-order chi connectivity index (χ1) is 13.0. The molecule has 0 bridgehead atoms. The average molecular weight is 390 g/mol. The van der Waals surface area contributed by atoms with Gasteiger partial charge in [0, 0.05) is 0 Å². The summed E-state index contributed by atoms with van der Waals surface area (Å²) in [6, 6.07) is 11.6. The van der Waals surface area contributed by atoms with Crippen LogP contribution in [0.2, 0.25) is 0 Å². The maximum atomic E-state index is 12.4. The second-order valence-corrected chi connectivity index (χ2v) is 8.47. The van der Waals surface area contributed by atoms with E-state index in [0.29, 0.717) is 29.3 Å². The largest absolute Gasteiger partial charge is 0.452 e. The van der Waals surface area contributed by atoms with Crippen LogP contribution in [0.3, 0.4) is 0 Å². The topological polar surface area (TPSA) is 55.8 Å². The highest BCUT2D eigenvalue weighted by molar-refractivity contribution is 7.86. The molecular weight excluding hydrogens is 362 g/mol. The van der Waals surface area contributed by atoms with Crippen molar-refractivity contribution in [2.45, 2.75) is 52.9 Å². The minimum Gasteiger partial charge on any atom is -0.452 e. The van der Waals surface area contributed by atoms with Gasteiger partial charge in [0.1, 0.15) is 11.4 Å². The predicted octanol–water partition coefficient (Wildman–Crippen LogP) is 5.51. The number of hydrogen-bond donors (Lipinski definition) is 0. The van der Waals surface area contributed by atoms with Gasteiger partial charge in [-0.05, 0) is 48.6 Å². The van der Waals surface area contributed by atoms with Crippen molar-refractivity contribution in [2.75, 3.05) is 10.8 Å². The summed E-state index contributed by atoms with van der Waals surface area (Å²) in [4.78, 5) is 0. The van der Waals surface area contributed by atoms with Crippen molar-refractivity contribution in [3.8, 4) is 11.5 Å². The van der Waals surface area contributed by atoms with Gasteiger partial charge in [-0.1, -0.05) is 51.8 Å². The lowest BCUT2D eigenvalue weighted by atomic mass is 10.0. The number of hydrogen-bond acceptors (Lipinski definition) is 5. The molecule has 0 spiro atoms. The number of ether oxygens (including phenoxy) is 1. The quantitative estimate of drug-likeness (QED) is 0.596. The molecule has 1 aliphatic heterocycles. The van der Waals surface area contributed by atoms with Crippen molar-refractivity contribution in [3.63, 3.8) is 0 Å². The van der Waals surface area contributed by atoms with E-state index < -0.39 is 10.1 Å². The molecule has 0 fully saturated rings. The Balaban J connectivity index is 2.10. The molecule has 2 aromatic rings. The molecular formula is C21H27NO4S. The first-order valence-electron chi connectivity index (χ1n) is 9.64. The Hall–Kier alpha value is -2.05. The number of aryl methyl sites for hydroxylation is 2. The van der Waals surface area contributed by atoms with Gasteiger partial charge in [-0.2, -0.15) is 13.5 Å². The molecule has 0 amide bonds. The van der Waals surface area contributed by atoms with Crippen molar-refractivity contribution < 1.29 is 17.4 Å². The fraction of sp³-hybridized carbons (Fsp3) is 0.429. The summed E-state index contributed by atoms with van der Waals surface area (Å²) < 4.78 is 36.6. The second kappa shape index (κ2) is 8.31. The first kappa shape index (κ1) is 19.7. The third-order valence-corrected chi connectivity index (χ3v) is 5.73. The summed E-state index contributed by atoms with van der Waals surface area (Å²) in [6.07, 6.45) is 4.29. The molecule has 0 radical (unpaired) electrons.